The van der Waals surface area contributed by atoms with Crippen LogP contribution in [0.2, 0.25) is 0 Å². The number of nitrogens with zero attached hydrogens (tertiary/aromatic N) is 1. The van der Waals surface area contributed by atoms with Gasteiger partial charge in [-0.2, -0.15) is 9.37 Å². The summed E-state index contributed by atoms with van der Waals surface area (Å²) in [6.45, 7) is 3.75. The number of rotatable bonds is 2. The normalized spacial score (nSPS) is 28.2. The van der Waals surface area contributed by atoms with Gasteiger partial charge in [-0.3, -0.25) is 0 Å². The Morgan fingerprint density at radius 1 is 1.17 bits per heavy atom. The van der Waals surface area contributed by atoms with Crippen molar-refractivity contribution < 1.29 is 22.6 Å². The Balaban J connectivity index is 2.11. The summed E-state index contributed by atoms with van der Waals surface area (Å²) >= 11 is 0. The molecule has 0 radical (unpaired) electrons. The third-order valence-electron chi connectivity index (χ3n) is 2.79. The standard InChI is InChI=1S/C12H14F3NO2/c1-6-3-8(4-7(2)17-6)18-12-10(14)5-9(13)11(15)16-12/h5-8H,3-4H2,1-2H3. The SMILES string of the molecule is CC1CC(Oc2nc(F)c(F)cc2F)CC(C)O1. The monoisotopic (exact) mass is 261 g/mol. The van der Waals surface area contributed by atoms with Gasteiger partial charge < -0.3 is 9.47 Å². The van der Waals surface area contributed by atoms with E-state index in [-0.39, 0.29) is 18.3 Å². The molecule has 0 N–H and O–H groups in total. The van der Waals surface area contributed by atoms with Gasteiger partial charge in [-0.25, -0.2) is 8.78 Å². The molecule has 0 aromatic carbocycles. The molecule has 0 aliphatic carbocycles. The van der Waals surface area contributed by atoms with Crippen molar-refractivity contribution in [2.24, 2.45) is 0 Å². The highest BCUT2D eigenvalue weighted by atomic mass is 19.2. The number of halogens is 3. The van der Waals surface area contributed by atoms with Gasteiger partial charge in [0.25, 0.3) is 11.8 Å². The van der Waals surface area contributed by atoms with Crippen molar-refractivity contribution in [2.75, 3.05) is 0 Å². The second-order valence-corrected chi connectivity index (χ2v) is 4.52. The smallest absolute Gasteiger partial charge is 0.253 e. The van der Waals surface area contributed by atoms with E-state index < -0.39 is 23.5 Å². The molecule has 2 rings (SSSR count). The first-order valence-electron chi connectivity index (χ1n) is 5.79. The molecule has 1 aromatic rings. The Hall–Kier alpha value is -1.30. The number of hydrogen-bond acceptors (Lipinski definition) is 3. The lowest BCUT2D eigenvalue weighted by Gasteiger charge is -2.31. The second kappa shape index (κ2) is 5.14. The lowest BCUT2D eigenvalue weighted by atomic mass is 10.0. The summed E-state index contributed by atoms with van der Waals surface area (Å²) in [6.07, 6.45) is 0.768. The molecule has 1 aliphatic heterocycles. The predicted octanol–water partition coefficient (Wildman–Crippen LogP) is 2.83. The fraction of sp³-hybridized carbons (Fsp3) is 0.583. The lowest BCUT2D eigenvalue weighted by Crippen LogP contribution is -2.36. The van der Waals surface area contributed by atoms with E-state index in [1.165, 1.54) is 0 Å². The molecule has 1 aliphatic rings. The average Bonchev–Trinajstić information content (AvgIpc) is 2.24. The van der Waals surface area contributed by atoms with E-state index in [9.17, 15) is 13.2 Å². The molecular weight excluding hydrogens is 247 g/mol. The van der Waals surface area contributed by atoms with Crippen molar-refractivity contribution in [1.29, 1.82) is 0 Å². The van der Waals surface area contributed by atoms with Gasteiger partial charge in [0.05, 0.1) is 12.2 Å². The summed E-state index contributed by atoms with van der Waals surface area (Å²) in [7, 11) is 0. The maximum atomic E-state index is 13.4. The van der Waals surface area contributed by atoms with Crippen LogP contribution in [0.1, 0.15) is 26.7 Å². The Bertz CT molecular complexity index is 432. The highest BCUT2D eigenvalue weighted by molar-refractivity contribution is 5.15. The maximum Gasteiger partial charge on any atom is 0.253 e. The molecule has 0 spiro atoms. The first-order chi connectivity index (χ1) is 8.45. The Morgan fingerprint density at radius 3 is 2.39 bits per heavy atom. The van der Waals surface area contributed by atoms with Gasteiger partial charge in [0.2, 0.25) is 0 Å². The zero-order valence-electron chi connectivity index (χ0n) is 10.1. The van der Waals surface area contributed by atoms with Crippen LogP contribution in [0.15, 0.2) is 6.07 Å². The molecular formula is C12H14F3NO2. The molecule has 1 aromatic heterocycles. The van der Waals surface area contributed by atoms with Crippen molar-refractivity contribution in [3.8, 4) is 5.88 Å². The molecule has 1 saturated heterocycles. The minimum Gasteiger partial charge on any atom is -0.472 e. The van der Waals surface area contributed by atoms with E-state index >= 15 is 0 Å². The van der Waals surface area contributed by atoms with Gasteiger partial charge in [0, 0.05) is 18.9 Å². The maximum absolute atomic E-state index is 13.4. The quantitative estimate of drug-likeness (QED) is 0.767. The van der Waals surface area contributed by atoms with Crippen molar-refractivity contribution in [3.63, 3.8) is 0 Å². The summed E-state index contributed by atoms with van der Waals surface area (Å²) in [5.41, 5.74) is 0. The summed E-state index contributed by atoms with van der Waals surface area (Å²) in [4.78, 5) is 3.14. The second-order valence-electron chi connectivity index (χ2n) is 4.52. The minimum atomic E-state index is -1.36. The molecule has 2 unspecified atom stereocenters. The fourth-order valence-corrected chi connectivity index (χ4v) is 2.11. The van der Waals surface area contributed by atoms with Crippen LogP contribution in [0, 0.1) is 17.6 Å². The van der Waals surface area contributed by atoms with Crippen molar-refractivity contribution in [3.05, 3.63) is 23.6 Å². The Kier molecular flexibility index (Phi) is 3.75. The van der Waals surface area contributed by atoms with Gasteiger partial charge in [-0.15, -0.1) is 0 Å². The molecule has 100 valence electrons. The molecule has 0 bridgehead atoms. The molecule has 3 nitrogen and oxygen atoms in total. The van der Waals surface area contributed by atoms with Crippen LogP contribution in [0.4, 0.5) is 13.2 Å². The van der Waals surface area contributed by atoms with E-state index in [0.717, 1.165) is 0 Å². The van der Waals surface area contributed by atoms with Crippen LogP contribution in [0.5, 0.6) is 5.88 Å². The van der Waals surface area contributed by atoms with Crippen LogP contribution in [0.3, 0.4) is 0 Å². The zero-order valence-corrected chi connectivity index (χ0v) is 10.1. The first kappa shape index (κ1) is 13.1. The van der Waals surface area contributed by atoms with E-state index in [1.54, 1.807) is 0 Å². The molecule has 6 heteroatoms. The lowest BCUT2D eigenvalue weighted by molar-refractivity contribution is -0.0738. The minimum absolute atomic E-state index is 0.0212. The van der Waals surface area contributed by atoms with Crippen molar-refractivity contribution in [1.82, 2.24) is 4.98 Å². The van der Waals surface area contributed by atoms with Gasteiger partial charge in [0.1, 0.15) is 6.10 Å². The largest absolute Gasteiger partial charge is 0.472 e. The van der Waals surface area contributed by atoms with Gasteiger partial charge >= 0.3 is 0 Å². The van der Waals surface area contributed by atoms with Crippen molar-refractivity contribution in [2.45, 2.75) is 45.0 Å². The van der Waals surface area contributed by atoms with Crippen LogP contribution < -0.4 is 4.74 Å². The topological polar surface area (TPSA) is 31.4 Å². The number of hydrogen-bond donors (Lipinski definition) is 0. The van der Waals surface area contributed by atoms with Gasteiger partial charge in [-0.1, -0.05) is 0 Å². The summed E-state index contributed by atoms with van der Waals surface area (Å²) in [5, 5.41) is 0. The third kappa shape index (κ3) is 2.93. The molecule has 2 atom stereocenters. The van der Waals surface area contributed by atoms with Crippen molar-refractivity contribution >= 4 is 0 Å². The summed E-state index contributed by atoms with van der Waals surface area (Å²) < 4.78 is 49.8. The average molecular weight is 261 g/mol. The Labute approximate surface area is 103 Å². The molecule has 0 amide bonds. The van der Waals surface area contributed by atoms with Crippen LogP contribution in [-0.2, 0) is 4.74 Å². The number of aromatic nitrogens is 1. The van der Waals surface area contributed by atoms with E-state index in [2.05, 4.69) is 4.98 Å². The zero-order chi connectivity index (χ0) is 13.3. The predicted molar refractivity (Wildman–Crippen MR) is 57.8 cm³/mol. The van der Waals surface area contributed by atoms with Crippen LogP contribution >= 0.6 is 0 Å². The first-order valence-corrected chi connectivity index (χ1v) is 5.79. The molecule has 1 fully saturated rings. The van der Waals surface area contributed by atoms with Crippen LogP contribution in [-0.4, -0.2) is 23.3 Å². The summed E-state index contributed by atoms with van der Waals surface area (Å²) in [6, 6.07) is 0.434. The van der Waals surface area contributed by atoms with E-state index in [1.807, 2.05) is 13.8 Å². The molecule has 18 heavy (non-hydrogen) atoms. The third-order valence-corrected chi connectivity index (χ3v) is 2.79. The van der Waals surface area contributed by atoms with Crippen LogP contribution in [0.25, 0.3) is 0 Å². The number of ether oxygens (including phenoxy) is 2. The van der Waals surface area contributed by atoms with E-state index in [0.29, 0.717) is 18.9 Å². The van der Waals surface area contributed by atoms with E-state index in [4.69, 9.17) is 9.47 Å². The highest BCUT2D eigenvalue weighted by Gasteiger charge is 2.27. The highest BCUT2D eigenvalue weighted by Crippen LogP contribution is 2.25. The van der Waals surface area contributed by atoms with Gasteiger partial charge in [-0.05, 0) is 13.8 Å². The summed E-state index contributed by atoms with van der Waals surface area (Å²) in [5.74, 6) is -4.19. The van der Waals surface area contributed by atoms with Gasteiger partial charge in [0.15, 0.2) is 11.6 Å². The number of pyridine rings is 1. The fourth-order valence-electron chi connectivity index (χ4n) is 2.11. The Morgan fingerprint density at radius 2 is 1.78 bits per heavy atom. The molecule has 2 heterocycles. The molecule has 0 saturated carbocycles.